The van der Waals surface area contributed by atoms with Crippen molar-refractivity contribution in [3.63, 3.8) is 0 Å². The van der Waals surface area contributed by atoms with E-state index in [2.05, 4.69) is 10.2 Å². The average Bonchev–Trinajstić information content (AvgIpc) is 2.75. The van der Waals surface area contributed by atoms with E-state index in [0.717, 1.165) is 29.5 Å². The predicted octanol–water partition coefficient (Wildman–Crippen LogP) is 1.52. The lowest BCUT2D eigenvalue weighted by Gasteiger charge is -2.23. The third kappa shape index (κ3) is 2.91. The molecule has 0 radical (unpaired) electrons. The summed E-state index contributed by atoms with van der Waals surface area (Å²) in [5.74, 6) is 1.54. The van der Waals surface area contributed by atoms with E-state index in [0.29, 0.717) is 6.04 Å². The van der Waals surface area contributed by atoms with E-state index in [-0.39, 0.29) is 5.75 Å². The van der Waals surface area contributed by atoms with Gasteiger partial charge in [-0.15, -0.1) is 10.2 Å². The van der Waals surface area contributed by atoms with Crippen LogP contribution in [0.4, 0.5) is 0 Å². The first-order valence-corrected chi connectivity index (χ1v) is 7.23. The zero-order valence-corrected chi connectivity index (χ0v) is 10.3. The van der Waals surface area contributed by atoms with E-state index in [9.17, 15) is 4.79 Å². The largest absolute Gasteiger partial charge is 0.481 e. The maximum atomic E-state index is 10.5. The highest BCUT2D eigenvalue weighted by molar-refractivity contribution is 7.99. The molecule has 88 valence electrons. The van der Waals surface area contributed by atoms with Crippen molar-refractivity contribution in [3.8, 4) is 0 Å². The molecular weight excluding hydrogens is 246 g/mol. The minimum atomic E-state index is -0.821. The Morgan fingerprint density at radius 2 is 2.38 bits per heavy atom. The highest BCUT2D eigenvalue weighted by Crippen LogP contribution is 2.29. The number of carboxylic acid groups (broad SMARTS) is 1. The molecular formula is C9H13N3O2S2. The van der Waals surface area contributed by atoms with Crippen LogP contribution in [0.3, 0.4) is 0 Å². The summed E-state index contributed by atoms with van der Waals surface area (Å²) in [5.41, 5.74) is 0. The van der Waals surface area contributed by atoms with E-state index in [1.807, 2.05) is 16.3 Å². The second-order valence-corrected chi connectivity index (χ2v) is 5.71. The van der Waals surface area contributed by atoms with E-state index >= 15 is 0 Å². The first-order valence-electron chi connectivity index (χ1n) is 5.09. The van der Waals surface area contributed by atoms with E-state index in [4.69, 9.17) is 5.11 Å². The summed E-state index contributed by atoms with van der Waals surface area (Å²) in [5, 5.41) is 17.2. The molecule has 1 saturated heterocycles. The van der Waals surface area contributed by atoms with Crippen LogP contribution in [0.2, 0.25) is 0 Å². The molecule has 2 heterocycles. The van der Waals surface area contributed by atoms with Crippen molar-refractivity contribution in [3.05, 3.63) is 6.33 Å². The van der Waals surface area contributed by atoms with Crippen molar-refractivity contribution in [1.29, 1.82) is 0 Å². The van der Waals surface area contributed by atoms with Gasteiger partial charge in [-0.05, 0) is 24.3 Å². The zero-order chi connectivity index (χ0) is 11.4. The number of hydrogen-bond acceptors (Lipinski definition) is 5. The highest BCUT2D eigenvalue weighted by atomic mass is 32.2. The first-order chi connectivity index (χ1) is 7.77. The van der Waals surface area contributed by atoms with Gasteiger partial charge in [-0.3, -0.25) is 4.79 Å². The standard InChI is InChI=1S/C9H13N3O2S2/c13-8(14)5-16-9-11-10-6-12(9)7-1-3-15-4-2-7/h6-7H,1-5H2,(H,13,14). The Morgan fingerprint density at radius 3 is 3.06 bits per heavy atom. The van der Waals surface area contributed by atoms with Crippen molar-refractivity contribution in [2.75, 3.05) is 17.3 Å². The summed E-state index contributed by atoms with van der Waals surface area (Å²) in [6.45, 7) is 0. The number of rotatable bonds is 4. The molecule has 0 bridgehead atoms. The summed E-state index contributed by atoms with van der Waals surface area (Å²) >= 11 is 3.20. The summed E-state index contributed by atoms with van der Waals surface area (Å²) in [6.07, 6.45) is 3.94. The van der Waals surface area contributed by atoms with E-state index in [1.54, 1.807) is 6.33 Å². The lowest BCUT2D eigenvalue weighted by molar-refractivity contribution is -0.133. The molecule has 0 spiro atoms. The Balaban J connectivity index is 2.02. The molecule has 1 fully saturated rings. The molecule has 1 aromatic heterocycles. The van der Waals surface area contributed by atoms with Crippen molar-refractivity contribution >= 4 is 29.5 Å². The van der Waals surface area contributed by atoms with Crippen LogP contribution in [0.1, 0.15) is 18.9 Å². The maximum Gasteiger partial charge on any atom is 0.313 e. The Labute approximate surface area is 102 Å². The second-order valence-electron chi connectivity index (χ2n) is 3.55. The van der Waals surface area contributed by atoms with Gasteiger partial charge >= 0.3 is 5.97 Å². The summed E-state index contributed by atoms with van der Waals surface area (Å²) in [7, 11) is 0. The summed E-state index contributed by atoms with van der Waals surface area (Å²) < 4.78 is 2.02. The first kappa shape index (κ1) is 11.8. The summed E-state index contributed by atoms with van der Waals surface area (Å²) in [6, 6.07) is 0.438. The third-order valence-corrected chi connectivity index (χ3v) is 4.44. The van der Waals surface area contributed by atoms with Crippen LogP contribution in [0.15, 0.2) is 11.5 Å². The van der Waals surface area contributed by atoms with Gasteiger partial charge < -0.3 is 9.67 Å². The predicted molar refractivity (Wildman–Crippen MR) is 64.0 cm³/mol. The molecule has 0 aromatic carbocycles. The van der Waals surface area contributed by atoms with Gasteiger partial charge in [-0.2, -0.15) is 11.8 Å². The Kier molecular flexibility index (Phi) is 4.11. The number of aliphatic carboxylic acids is 1. The maximum absolute atomic E-state index is 10.5. The van der Waals surface area contributed by atoms with Crippen LogP contribution in [-0.2, 0) is 4.79 Å². The third-order valence-electron chi connectivity index (χ3n) is 2.45. The number of aromatic nitrogens is 3. The van der Waals surface area contributed by atoms with Gasteiger partial charge in [0.1, 0.15) is 6.33 Å². The second kappa shape index (κ2) is 5.58. The Morgan fingerprint density at radius 1 is 1.62 bits per heavy atom. The smallest absolute Gasteiger partial charge is 0.313 e. The number of thioether (sulfide) groups is 2. The molecule has 0 unspecified atom stereocenters. The topological polar surface area (TPSA) is 68.0 Å². The van der Waals surface area contributed by atoms with E-state index in [1.165, 1.54) is 11.8 Å². The molecule has 0 saturated carbocycles. The number of carboxylic acids is 1. The molecule has 1 aromatic rings. The lowest BCUT2D eigenvalue weighted by Crippen LogP contribution is -2.15. The van der Waals surface area contributed by atoms with Crippen molar-refractivity contribution in [2.24, 2.45) is 0 Å². The summed E-state index contributed by atoms with van der Waals surface area (Å²) in [4.78, 5) is 10.5. The SMILES string of the molecule is O=C(O)CSc1nncn1C1CCSCC1. The monoisotopic (exact) mass is 259 g/mol. The van der Waals surface area contributed by atoms with Gasteiger partial charge in [0, 0.05) is 6.04 Å². The molecule has 16 heavy (non-hydrogen) atoms. The Hall–Kier alpha value is -0.690. The van der Waals surface area contributed by atoms with Gasteiger partial charge in [0.2, 0.25) is 0 Å². The molecule has 7 heteroatoms. The number of carbonyl (C=O) groups is 1. The fourth-order valence-electron chi connectivity index (χ4n) is 1.68. The van der Waals surface area contributed by atoms with Crippen LogP contribution < -0.4 is 0 Å². The van der Waals surface area contributed by atoms with Crippen molar-refractivity contribution in [2.45, 2.75) is 24.0 Å². The van der Waals surface area contributed by atoms with Crippen LogP contribution in [0.5, 0.6) is 0 Å². The molecule has 5 nitrogen and oxygen atoms in total. The fraction of sp³-hybridized carbons (Fsp3) is 0.667. The molecule has 0 atom stereocenters. The number of hydrogen-bond donors (Lipinski definition) is 1. The van der Waals surface area contributed by atoms with Gasteiger partial charge in [-0.1, -0.05) is 11.8 Å². The van der Waals surface area contributed by atoms with Crippen molar-refractivity contribution in [1.82, 2.24) is 14.8 Å². The minimum absolute atomic E-state index is 0.0418. The van der Waals surface area contributed by atoms with Gasteiger partial charge in [0.25, 0.3) is 0 Å². The van der Waals surface area contributed by atoms with Crippen LogP contribution >= 0.6 is 23.5 Å². The van der Waals surface area contributed by atoms with Crippen LogP contribution in [0, 0.1) is 0 Å². The molecule has 2 rings (SSSR count). The van der Waals surface area contributed by atoms with Gasteiger partial charge in [0.15, 0.2) is 5.16 Å². The normalized spacial score (nSPS) is 17.5. The minimum Gasteiger partial charge on any atom is -0.481 e. The molecule has 0 aliphatic carbocycles. The lowest BCUT2D eigenvalue weighted by atomic mass is 10.1. The Bertz CT molecular complexity index is 363. The van der Waals surface area contributed by atoms with Gasteiger partial charge in [0.05, 0.1) is 5.75 Å². The van der Waals surface area contributed by atoms with Gasteiger partial charge in [-0.25, -0.2) is 0 Å². The van der Waals surface area contributed by atoms with Crippen LogP contribution in [-0.4, -0.2) is 43.1 Å². The van der Waals surface area contributed by atoms with Crippen molar-refractivity contribution < 1.29 is 9.90 Å². The van der Waals surface area contributed by atoms with Crippen LogP contribution in [0.25, 0.3) is 0 Å². The number of nitrogens with zero attached hydrogens (tertiary/aromatic N) is 3. The zero-order valence-electron chi connectivity index (χ0n) is 8.70. The molecule has 1 aliphatic rings. The fourth-order valence-corrected chi connectivity index (χ4v) is 3.46. The quantitative estimate of drug-likeness (QED) is 0.827. The molecule has 1 aliphatic heterocycles. The molecule has 0 amide bonds. The highest BCUT2D eigenvalue weighted by Gasteiger charge is 2.19. The molecule has 1 N–H and O–H groups in total. The average molecular weight is 259 g/mol. The van der Waals surface area contributed by atoms with E-state index < -0.39 is 5.97 Å².